The normalized spacial score (nSPS) is 16.2. The Kier molecular flexibility index (Phi) is 3.80. The van der Waals surface area contributed by atoms with Gasteiger partial charge in [-0.3, -0.25) is 4.79 Å². The molecule has 2 rings (SSSR count). The van der Waals surface area contributed by atoms with Gasteiger partial charge in [0.1, 0.15) is 11.4 Å². The molecule has 0 bridgehead atoms. The molecule has 19 heavy (non-hydrogen) atoms. The Morgan fingerprint density at radius 2 is 2.21 bits per heavy atom. The fourth-order valence-corrected chi connectivity index (χ4v) is 2.46. The van der Waals surface area contributed by atoms with Crippen LogP contribution in [-0.4, -0.2) is 35.2 Å². The van der Waals surface area contributed by atoms with E-state index in [1.54, 1.807) is 0 Å². The van der Waals surface area contributed by atoms with Crippen LogP contribution < -0.4 is 4.74 Å². The van der Waals surface area contributed by atoms with Crippen LogP contribution in [-0.2, 0) is 17.8 Å². The highest BCUT2D eigenvalue weighted by Gasteiger charge is 2.31. The van der Waals surface area contributed by atoms with E-state index in [9.17, 15) is 4.79 Å². The van der Waals surface area contributed by atoms with E-state index in [0.29, 0.717) is 13.1 Å². The maximum absolute atomic E-state index is 10.6. The molecule has 1 N–H and O–H groups in total. The summed E-state index contributed by atoms with van der Waals surface area (Å²) in [4.78, 5) is 12.6. The molecule has 0 atom stereocenters. The molecule has 1 aromatic rings. The molecule has 1 aliphatic heterocycles. The van der Waals surface area contributed by atoms with Gasteiger partial charge in [0.2, 0.25) is 0 Å². The standard InChI is InChI=1S/C15H21NO3/c1-15(2)9-11-5-4-6-12(14(11)19-15)10-16(3)8-7-13(17)18/h4-6H,7-10H2,1-3H3,(H,17,18). The fourth-order valence-electron chi connectivity index (χ4n) is 2.46. The van der Waals surface area contributed by atoms with Crippen molar-refractivity contribution in [3.05, 3.63) is 29.3 Å². The minimum absolute atomic E-state index is 0.141. The summed E-state index contributed by atoms with van der Waals surface area (Å²) in [5.74, 6) is 0.220. The fraction of sp³-hybridized carbons (Fsp3) is 0.533. The maximum atomic E-state index is 10.6. The predicted octanol–water partition coefficient (Wildman–Crippen LogP) is 2.31. The number of benzene rings is 1. The van der Waals surface area contributed by atoms with Gasteiger partial charge in [0.15, 0.2) is 0 Å². The Hall–Kier alpha value is -1.55. The van der Waals surface area contributed by atoms with Gasteiger partial charge in [-0.2, -0.15) is 0 Å². The summed E-state index contributed by atoms with van der Waals surface area (Å²) < 4.78 is 6.01. The third kappa shape index (κ3) is 3.47. The summed E-state index contributed by atoms with van der Waals surface area (Å²) in [6.45, 7) is 5.44. The minimum atomic E-state index is -0.762. The number of carboxylic acids is 1. The zero-order chi connectivity index (χ0) is 14.0. The highest BCUT2D eigenvalue weighted by Crippen LogP contribution is 2.37. The van der Waals surface area contributed by atoms with Crippen LogP contribution in [0.4, 0.5) is 0 Å². The van der Waals surface area contributed by atoms with Crippen LogP contribution in [0.15, 0.2) is 18.2 Å². The number of ether oxygens (including phenoxy) is 1. The van der Waals surface area contributed by atoms with Gasteiger partial charge in [-0.15, -0.1) is 0 Å². The van der Waals surface area contributed by atoms with Crippen LogP contribution in [0.5, 0.6) is 5.75 Å². The van der Waals surface area contributed by atoms with Gasteiger partial charge < -0.3 is 14.7 Å². The monoisotopic (exact) mass is 263 g/mol. The highest BCUT2D eigenvalue weighted by molar-refractivity contribution is 5.66. The van der Waals surface area contributed by atoms with E-state index < -0.39 is 5.97 Å². The van der Waals surface area contributed by atoms with Gasteiger partial charge in [-0.25, -0.2) is 0 Å². The average molecular weight is 263 g/mol. The van der Waals surface area contributed by atoms with Crippen LogP contribution in [0.2, 0.25) is 0 Å². The van der Waals surface area contributed by atoms with E-state index in [1.807, 2.05) is 18.0 Å². The molecule has 0 amide bonds. The molecule has 0 spiro atoms. The molecule has 0 saturated heterocycles. The van der Waals surface area contributed by atoms with Gasteiger partial charge in [0.05, 0.1) is 6.42 Å². The SMILES string of the molecule is CN(CCC(=O)O)Cc1cccc2c1OC(C)(C)C2. The van der Waals surface area contributed by atoms with E-state index in [0.717, 1.165) is 17.7 Å². The molecule has 0 radical (unpaired) electrons. The van der Waals surface area contributed by atoms with E-state index in [4.69, 9.17) is 9.84 Å². The van der Waals surface area contributed by atoms with E-state index in [2.05, 4.69) is 26.0 Å². The summed E-state index contributed by atoms with van der Waals surface area (Å²) in [5.41, 5.74) is 2.24. The number of carbonyl (C=O) groups is 1. The molecule has 0 saturated carbocycles. The lowest BCUT2D eigenvalue weighted by Gasteiger charge is -2.20. The molecule has 4 heteroatoms. The summed E-state index contributed by atoms with van der Waals surface area (Å²) in [6, 6.07) is 6.20. The van der Waals surface area contributed by atoms with Gasteiger partial charge in [0.25, 0.3) is 0 Å². The number of rotatable bonds is 5. The van der Waals surface area contributed by atoms with Crippen molar-refractivity contribution in [1.29, 1.82) is 0 Å². The number of fused-ring (bicyclic) bond motifs is 1. The summed E-state index contributed by atoms with van der Waals surface area (Å²) in [7, 11) is 1.93. The number of hydrogen-bond acceptors (Lipinski definition) is 3. The smallest absolute Gasteiger partial charge is 0.304 e. The predicted molar refractivity (Wildman–Crippen MR) is 73.4 cm³/mol. The number of hydrogen-bond donors (Lipinski definition) is 1. The van der Waals surface area contributed by atoms with Gasteiger partial charge in [0, 0.05) is 25.1 Å². The van der Waals surface area contributed by atoms with E-state index >= 15 is 0 Å². The topological polar surface area (TPSA) is 49.8 Å². The minimum Gasteiger partial charge on any atom is -0.487 e. The zero-order valence-corrected chi connectivity index (χ0v) is 11.8. The van der Waals surface area contributed by atoms with Gasteiger partial charge >= 0.3 is 5.97 Å². The largest absolute Gasteiger partial charge is 0.487 e. The molecule has 1 aromatic carbocycles. The highest BCUT2D eigenvalue weighted by atomic mass is 16.5. The first-order valence-electron chi connectivity index (χ1n) is 6.57. The molecular weight excluding hydrogens is 242 g/mol. The van der Waals surface area contributed by atoms with Gasteiger partial charge in [-0.05, 0) is 26.5 Å². The lowest BCUT2D eigenvalue weighted by atomic mass is 10.0. The van der Waals surface area contributed by atoms with Crippen molar-refractivity contribution in [3.63, 3.8) is 0 Å². The average Bonchev–Trinajstić information content (AvgIpc) is 2.62. The third-order valence-electron chi connectivity index (χ3n) is 3.32. The number of carboxylic acid groups (broad SMARTS) is 1. The molecule has 0 unspecified atom stereocenters. The van der Waals surface area contributed by atoms with Crippen molar-refractivity contribution in [3.8, 4) is 5.75 Å². The lowest BCUT2D eigenvalue weighted by molar-refractivity contribution is -0.137. The zero-order valence-electron chi connectivity index (χ0n) is 11.8. The van der Waals surface area contributed by atoms with Crippen molar-refractivity contribution in [2.75, 3.05) is 13.6 Å². The van der Waals surface area contributed by atoms with Crippen molar-refractivity contribution in [2.45, 2.75) is 38.8 Å². The second-order valence-corrected chi connectivity index (χ2v) is 5.83. The van der Waals surface area contributed by atoms with Crippen LogP contribution in [0, 0.1) is 0 Å². The molecular formula is C15H21NO3. The molecule has 1 aliphatic rings. The van der Waals surface area contributed by atoms with Crippen molar-refractivity contribution >= 4 is 5.97 Å². The molecule has 104 valence electrons. The van der Waals surface area contributed by atoms with Crippen molar-refractivity contribution in [2.24, 2.45) is 0 Å². The molecule has 0 aromatic heterocycles. The van der Waals surface area contributed by atoms with Crippen LogP contribution in [0.3, 0.4) is 0 Å². The summed E-state index contributed by atoms with van der Waals surface area (Å²) in [6.07, 6.45) is 1.09. The first-order valence-corrected chi connectivity index (χ1v) is 6.57. The van der Waals surface area contributed by atoms with Crippen molar-refractivity contribution < 1.29 is 14.6 Å². The van der Waals surface area contributed by atoms with Crippen LogP contribution >= 0.6 is 0 Å². The Bertz CT molecular complexity index is 482. The first kappa shape index (κ1) is 13.9. The van der Waals surface area contributed by atoms with E-state index in [1.165, 1.54) is 5.56 Å². The Labute approximate surface area is 114 Å². The van der Waals surface area contributed by atoms with Crippen LogP contribution in [0.1, 0.15) is 31.4 Å². The molecule has 0 aliphatic carbocycles. The number of aliphatic carboxylic acids is 1. The van der Waals surface area contributed by atoms with Crippen molar-refractivity contribution in [1.82, 2.24) is 4.90 Å². The summed E-state index contributed by atoms with van der Waals surface area (Å²) in [5, 5.41) is 8.70. The van der Waals surface area contributed by atoms with Gasteiger partial charge in [-0.1, -0.05) is 18.2 Å². The number of para-hydroxylation sites is 1. The molecule has 1 heterocycles. The lowest BCUT2D eigenvalue weighted by Crippen LogP contribution is -2.25. The van der Waals surface area contributed by atoms with Crippen LogP contribution in [0.25, 0.3) is 0 Å². The van der Waals surface area contributed by atoms with E-state index in [-0.39, 0.29) is 12.0 Å². The first-order chi connectivity index (χ1) is 8.87. The number of nitrogens with zero attached hydrogens (tertiary/aromatic N) is 1. The summed E-state index contributed by atoms with van der Waals surface area (Å²) >= 11 is 0. The Balaban J connectivity index is 2.07. The second-order valence-electron chi connectivity index (χ2n) is 5.83. The molecule has 0 fully saturated rings. The Morgan fingerprint density at radius 3 is 2.89 bits per heavy atom. The third-order valence-corrected chi connectivity index (χ3v) is 3.32. The second kappa shape index (κ2) is 5.21. The quantitative estimate of drug-likeness (QED) is 0.885. The molecule has 4 nitrogen and oxygen atoms in total. The Morgan fingerprint density at radius 1 is 1.47 bits per heavy atom. The maximum Gasteiger partial charge on any atom is 0.304 e.